The van der Waals surface area contributed by atoms with Crippen LogP contribution in [0.2, 0.25) is 0 Å². The van der Waals surface area contributed by atoms with E-state index in [4.69, 9.17) is 5.73 Å². The summed E-state index contributed by atoms with van der Waals surface area (Å²) in [6.07, 6.45) is 7.55. The van der Waals surface area contributed by atoms with Gasteiger partial charge in [-0.3, -0.25) is 0 Å². The molecule has 2 nitrogen and oxygen atoms in total. The van der Waals surface area contributed by atoms with Crippen LogP contribution in [-0.2, 0) is 0 Å². The number of rotatable bonds is 1. The van der Waals surface area contributed by atoms with E-state index in [0.29, 0.717) is 5.70 Å². The van der Waals surface area contributed by atoms with E-state index in [2.05, 4.69) is 38.7 Å². The standard InChI is InChI=1S/C11H18N2.C3H8.2C2H6/c1-3-10-4-6-13-7-5-11(10)8-9(2)12;1-3-2;2*1-2/h3,8,13H,2,4-7,12H2,1H3;3H2,1-2H3;2*1-2H3/b10-3-,11-8-;;;. The fraction of sp³-hybridized carbons (Fsp3) is 0.667. The van der Waals surface area contributed by atoms with E-state index in [1.54, 1.807) is 0 Å². The maximum absolute atomic E-state index is 5.57. The van der Waals surface area contributed by atoms with E-state index in [1.165, 1.54) is 17.6 Å². The minimum Gasteiger partial charge on any atom is -0.399 e. The Hall–Kier alpha value is -1.02. The first kappa shape index (κ1) is 24.0. The van der Waals surface area contributed by atoms with Gasteiger partial charge in [0, 0.05) is 5.70 Å². The van der Waals surface area contributed by atoms with Crippen LogP contribution >= 0.6 is 0 Å². The number of hydrogen-bond acceptors (Lipinski definition) is 2. The summed E-state index contributed by atoms with van der Waals surface area (Å²) >= 11 is 0. The van der Waals surface area contributed by atoms with Gasteiger partial charge in [0.25, 0.3) is 0 Å². The normalized spacial score (nSPS) is 17.6. The zero-order valence-electron chi connectivity index (χ0n) is 15.0. The van der Waals surface area contributed by atoms with Crippen LogP contribution in [0.5, 0.6) is 0 Å². The fourth-order valence-electron chi connectivity index (χ4n) is 1.61. The largest absolute Gasteiger partial charge is 0.399 e. The third-order valence-corrected chi connectivity index (χ3v) is 2.26. The van der Waals surface area contributed by atoms with Gasteiger partial charge in [0.15, 0.2) is 0 Å². The Kier molecular flexibility index (Phi) is 24.4. The van der Waals surface area contributed by atoms with Crippen LogP contribution in [0.25, 0.3) is 0 Å². The average molecular weight is 283 g/mol. The molecular formula is C18H38N2. The van der Waals surface area contributed by atoms with Crippen molar-refractivity contribution in [1.29, 1.82) is 0 Å². The van der Waals surface area contributed by atoms with E-state index in [1.807, 2.05) is 33.8 Å². The van der Waals surface area contributed by atoms with Gasteiger partial charge in [-0.05, 0) is 50.1 Å². The van der Waals surface area contributed by atoms with Crippen LogP contribution in [0.3, 0.4) is 0 Å². The molecule has 0 spiro atoms. The molecule has 3 N–H and O–H groups in total. The summed E-state index contributed by atoms with van der Waals surface area (Å²) in [6.45, 7) is 20.1. The molecule has 0 aliphatic carbocycles. The summed E-state index contributed by atoms with van der Waals surface area (Å²) in [6, 6.07) is 0. The lowest BCUT2D eigenvalue weighted by molar-refractivity contribution is 0.717. The van der Waals surface area contributed by atoms with Crippen LogP contribution < -0.4 is 11.1 Å². The lowest BCUT2D eigenvalue weighted by Gasteiger charge is -2.06. The number of nitrogens with two attached hydrogens (primary N) is 1. The molecule has 0 saturated carbocycles. The molecule has 1 fully saturated rings. The van der Waals surface area contributed by atoms with Gasteiger partial charge in [0.05, 0.1) is 0 Å². The number of allylic oxidation sites excluding steroid dienone is 2. The van der Waals surface area contributed by atoms with Crippen molar-refractivity contribution in [3.63, 3.8) is 0 Å². The Bertz CT molecular complexity index is 263. The van der Waals surface area contributed by atoms with Crippen LogP contribution in [0, 0.1) is 0 Å². The second-order valence-corrected chi connectivity index (χ2v) is 4.02. The van der Waals surface area contributed by atoms with Gasteiger partial charge in [-0.25, -0.2) is 0 Å². The maximum Gasteiger partial charge on any atom is 0.0243 e. The molecule has 0 unspecified atom stereocenters. The third kappa shape index (κ3) is 15.0. The van der Waals surface area contributed by atoms with Gasteiger partial charge in [0.2, 0.25) is 0 Å². The third-order valence-electron chi connectivity index (χ3n) is 2.26. The summed E-state index contributed by atoms with van der Waals surface area (Å²) in [5.41, 5.74) is 8.95. The van der Waals surface area contributed by atoms with Crippen molar-refractivity contribution in [3.8, 4) is 0 Å². The van der Waals surface area contributed by atoms with Gasteiger partial charge < -0.3 is 11.1 Å². The van der Waals surface area contributed by atoms with Crippen molar-refractivity contribution in [2.75, 3.05) is 13.1 Å². The van der Waals surface area contributed by atoms with Crippen molar-refractivity contribution in [2.45, 2.75) is 67.7 Å². The fourth-order valence-corrected chi connectivity index (χ4v) is 1.61. The molecule has 2 heteroatoms. The molecule has 20 heavy (non-hydrogen) atoms. The molecule has 0 bridgehead atoms. The van der Waals surface area contributed by atoms with Gasteiger partial charge in [0.1, 0.15) is 0 Å². The van der Waals surface area contributed by atoms with Crippen LogP contribution in [0.1, 0.15) is 67.7 Å². The first-order chi connectivity index (χ1) is 9.65. The Balaban J connectivity index is -0.000000355. The van der Waals surface area contributed by atoms with E-state index in [0.717, 1.165) is 25.9 Å². The molecule has 1 saturated heterocycles. The number of hydrogen-bond donors (Lipinski definition) is 2. The van der Waals surface area contributed by atoms with Crippen molar-refractivity contribution in [1.82, 2.24) is 5.32 Å². The molecule has 0 radical (unpaired) electrons. The summed E-state index contributed by atoms with van der Waals surface area (Å²) < 4.78 is 0. The summed E-state index contributed by atoms with van der Waals surface area (Å²) in [5, 5.41) is 3.36. The molecule has 0 aromatic carbocycles. The summed E-state index contributed by atoms with van der Waals surface area (Å²) in [7, 11) is 0. The maximum atomic E-state index is 5.57. The Morgan fingerprint density at radius 3 is 1.85 bits per heavy atom. The second kappa shape index (κ2) is 20.3. The lowest BCUT2D eigenvalue weighted by Crippen LogP contribution is -2.13. The highest BCUT2D eigenvalue weighted by Crippen LogP contribution is 2.19. The smallest absolute Gasteiger partial charge is 0.0243 e. The van der Waals surface area contributed by atoms with Gasteiger partial charge in [-0.2, -0.15) is 0 Å². The highest BCUT2D eigenvalue weighted by atomic mass is 14.8. The molecule has 120 valence electrons. The zero-order valence-corrected chi connectivity index (χ0v) is 15.0. The lowest BCUT2D eigenvalue weighted by atomic mass is 10.0. The predicted octanol–water partition coefficient (Wildman–Crippen LogP) is 5.18. The Labute approximate surface area is 128 Å². The second-order valence-electron chi connectivity index (χ2n) is 4.02. The Morgan fingerprint density at radius 2 is 1.50 bits per heavy atom. The first-order valence-electron chi connectivity index (χ1n) is 8.16. The van der Waals surface area contributed by atoms with Crippen molar-refractivity contribution in [3.05, 3.63) is 35.6 Å². The molecular weight excluding hydrogens is 244 g/mol. The number of nitrogens with one attached hydrogen (secondary N) is 1. The highest BCUT2D eigenvalue weighted by molar-refractivity contribution is 5.36. The Morgan fingerprint density at radius 1 is 1.10 bits per heavy atom. The van der Waals surface area contributed by atoms with Crippen LogP contribution in [0.4, 0.5) is 0 Å². The molecule has 0 aromatic heterocycles. The van der Waals surface area contributed by atoms with Crippen molar-refractivity contribution >= 4 is 0 Å². The van der Waals surface area contributed by atoms with Crippen LogP contribution in [0.15, 0.2) is 35.6 Å². The molecule has 0 aromatic rings. The first-order valence-corrected chi connectivity index (χ1v) is 8.16. The molecule has 1 aliphatic rings. The molecule has 1 aliphatic heterocycles. The highest BCUT2D eigenvalue weighted by Gasteiger charge is 2.08. The predicted molar refractivity (Wildman–Crippen MR) is 95.9 cm³/mol. The zero-order chi connectivity index (χ0) is 16.4. The monoisotopic (exact) mass is 282 g/mol. The van der Waals surface area contributed by atoms with Crippen molar-refractivity contribution in [2.24, 2.45) is 5.73 Å². The van der Waals surface area contributed by atoms with Crippen molar-refractivity contribution < 1.29 is 0 Å². The van der Waals surface area contributed by atoms with Gasteiger partial charge >= 0.3 is 0 Å². The van der Waals surface area contributed by atoms with Gasteiger partial charge in [-0.1, -0.05) is 60.6 Å². The minimum absolute atomic E-state index is 0.649. The van der Waals surface area contributed by atoms with E-state index in [-0.39, 0.29) is 0 Å². The van der Waals surface area contributed by atoms with E-state index in [9.17, 15) is 0 Å². The summed E-state index contributed by atoms with van der Waals surface area (Å²) in [5.74, 6) is 0. The topological polar surface area (TPSA) is 38.0 Å². The quantitative estimate of drug-likeness (QED) is 0.695. The molecule has 0 atom stereocenters. The minimum atomic E-state index is 0.649. The average Bonchev–Trinajstić information content (AvgIpc) is 2.68. The van der Waals surface area contributed by atoms with E-state index < -0.39 is 0 Å². The van der Waals surface area contributed by atoms with Crippen LogP contribution in [-0.4, -0.2) is 13.1 Å². The molecule has 1 heterocycles. The van der Waals surface area contributed by atoms with E-state index >= 15 is 0 Å². The SMILES string of the molecule is C=C(N)/C=C1/CCNCC/C1=C/C.CC.CC.CCC. The van der Waals surface area contributed by atoms with Gasteiger partial charge in [-0.15, -0.1) is 0 Å². The summed E-state index contributed by atoms with van der Waals surface area (Å²) in [4.78, 5) is 0. The molecule has 0 amide bonds. The molecule has 1 rings (SSSR count).